The first-order chi connectivity index (χ1) is 22.6. The average Bonchev–Trinajstić information content (AvgIpc) is 3.03. The maximum Gasteiger partial charge on any atom is 0.524 e. The molecule has 6 rings (SSSR count). The largest absolute Gasteiger partial charge is 0.524 e. The third kappa shape index (κ3) is 7.45. The van der Waals surface area contributed by atoms with Crippen molar-refractivity contribution >= 4 is 29.7 Å². The van der Waals surface area contributed by atoms with E-state index in [1.165, 1.54) is 0 Å². The third-order valence-electron chi connectivity index (χ3n) is 7.99. The molecular formula is C37H32BrO8P. The van der Waals surface area contributed by atoms with Gasteiger partial charge in [0.15, 0.2) is 0 Å². The van der Waals surface area contributed by atoms with Crippen molar-refractivity contribution in [3.05, 3.63) is 152 Å². The quantitative estimate of drug-likeness (QED) is 0.0904. The molecule has 0 spiro atoms. The van der Waals surface area contributed by atoms with Gasteiger partial charge in [-0.25, -0.2) is 9.36 Å². The van der Waals surface area contributed by atoms with Crippen LogP contribution in [0.3, 0.4) is 0 Å². The lowest BCUT2D eigenvalue weighted by Gasteiger charge is -2.21. The summed E-state index contributed by atoms with van der Waals surface area (Å²) >= 11 is 3.63. The zero-order valence-electron chi connectivity index (χ0n) is 25.5. The summed E-state index contributed by atoms with van der Waals surface area (Å²) in [5.41, 5.74) is 5.56. The molecule has 0 amide bonds. The summed E-state index contributed by atoms with van der Waals surface area (Å²) in [7, 11) is -4.97. The van der Waals surface area contributed by atoms with Crippen LogP contribution in [-0.2, 0) is 30.2 Å². The lowest BCUT2D eigenvalue weighted by Crippen LogP contribution is -2.12. The van der Waals surface area contributed by atoms with Crippen molar-refractivity contribution in [2.45, 2.75) is 32.6 Å². The maximum absolute atomic E-state index is 13.4. The highest BCUT2D eigenvalue weighted by molar-refractivity contribution is 9.10. The van der Waals surface area contributed by atoms with Gasteiger partial charge >= 0.3 is 13.8 Å². The predicted octanol–water partition coefficient (Wildman–Crippen LogP) is 7.92. The number of ether oxygens (including phenoxy) is 2. The Morgan fingerprint density at radius 2 is 1.13 bits per heavy atom. The first-order valence-corrected chi connectivity index (χ1v) is 17.4. The fourth-order valence-electron chi connectivity index (χ4n) is 5.98. The number of rotatable bonds is 6. The van der Waals surface area contributed by atoms with Crippen molar-refractivity contribution in [2.24, 2.45) is 0 Å². The molecule has 0 atom stereocenters. The molecule has 5 aromatic rings. The van der Waals surface area contributed by atoms with E-state index in [4.69, 9.17) is 14.0 Å². The lowest BCUT2D eigenvalue weighted by atomic mass is 9.91. The van der Waals surface area contributed by atoms with Crippen LogP contribution in [0.4, 0.5) is 0 Å². The monoisotopic (exact) mass is 714 g/mol. The number of halogens is 1. The molecule has 0 fully saturated rings. The van der Waals surface area contributed by atoms with Gasteiger partial charge in [-0.1, -0.05) is 88.7 Å². The number of phenolic OH excluding ortho intramolecular Hbond substituents is 1. The Hall–Kier alpha value is -4.40. The van der Waals surface area contributed by atoms with Gasteiger partial charge in [-0.15, -0.1) is 0 Å². The van der Waals surface area contributed by atoms with Crippen LogP contribution >= 0.6 is 23.8 Å². The highest BCUT2D eigenvalue weighted by Gasteiger charge is 2.25. The molecule has 8 bridgehead atoms. The Bertz CT molecular complexity index is 2000. The molecule has 0 saturated heterocycles. The van der Waals surface area contributed by atoms with Crippen molar-refractivity contribution in [2.75, 3.05) is 6.61 Å². The van der Waals surface area contributed by atoms with Gasteiger partial charge < -0.3 is 19.1 Å². The maximum atomic E-state index is 13.4. The van der Waals surface area contributed by atoms with E-state index in [0.717, 1.165) is 15.6 Å². The normalized spacial score (nSPS) is 12.7. The van der Waals surface area contributed by atoms with Gasteiger partial charge in [-0.2, -0.15) is 0 Å². The standard InChI is InChI=1S/C37H32BrO8P/c1-2-44-34-24-11-6-12-25(34)19-30-21-32(38)22-31(33(30)39)20-27-14-7-13-26(35(27)45-37(40)23-9-4-3-5-10-23)18-29-16-8-15-28(17-24)36(29)46-47(41,42)43/h3-16,21-22,39H,2,17-20H2,1H3,(H2,41,42,43). The molecule has 47 heavy (non-hydrogen) atoms. The number of carbonyl (C=O) groups is 1. The highest BCUT2D eigenvalue weighted by Crippen LogP contribution is 2.44. The van der Waals surface area contributed by atoms with Crippen molar-refractivity contribution < 1.29 is 38.3 Å². The van der Waals surface area contributed by atoms with E-state index in [0.29, 0.717) is 63.5 Å². The van der Waals surface area contributed by atoms with Gasteiger partial charge in [-0.05, 0) is 75.7 Å². The number of aromatic hydroxyl groups is 1. The van der Waals surface area contributed by atoms with Gasteiger partial charge in [0.2, 0.25) is 0 Å². The van der Waals surface area contributed by atoms with Crippen LogP contribution in [0.5, 0.6) is 23.0 Å². The van der Waals surface area contributed by atoms with Crippen LogP contribution in [0.25, 0.3) is 0 Å². The number of carbonyl (C=O) groups excluding carboxylic acids is 1. The Balaban J connectivity index is 1.59. The summed E-state index contributed by atoms with van der Waals surface area (Å²) < 4.78 is 30.7. The summed E-state index contributed by atoms with van der Waals surface area (Å²) in [4.78, 5) is 33.4. The van der Waals surface area contributed by atoms with Gasteiger partial charge in [0.25, 0.3) is 0 Å². The van der Waals surface area contributed by atoms with E-state index < -0.39 is 13.8 Å². The molecule has 0 unspecified atom stereocenters. The minimum absolute atomic E-state index is 0.0540. The molecule has 3 N–H and O–H groups in total. The number of hydrogen-bond donors (Lipinski definition) is 3. The number of hydrogen-bond acceptors (Lipinski definition) is 6. The first kappa shape index (κ1) is 32.5. The molecule has 1 aliphatic rings. The van der Waals surface area contributed by atoms with Crippen LogP contribution in [0.15, 0.2) is 102 Å². The number of esters is 1. The van der Waals surface area contributed by atoms with Crippen molar-refractivity contribution in [3.8, 4) is 23.0 Å². The second-order valence-corrected chi connectivity index (χ2v) is 13.3. The lowest BCUT2D eigenvalue weighted by molar-refractivity contribution is 0.0731. The highest BCUT2D eigenvalue weighted by atomic mass is 79.9. The Labute approximate surface area is 281 Å². The van der Waals surface area contributed by atoms with E-state index in [1.54, 1.807) is 42.5 Å². The van der Waals surface area contributed by atoms with Crippen molar-refractivity contribution in [3.63, 3.8) is 0 Å². The van der Waals surface area contributed by atoms with Crippen LogP contribution in [-0.4, -0.2) is 27.5 Å². The van der Waals surface area contributed by atoms with Crippen LogP contribution in [0.1, 0.15) is 61.8 Å². The average molecular weight is 716 g/mol. The zero-order chi connectivity index (χ0) is 33.1. The number of phosphoric acid groups is 1. The molecule has 8 nitrogen and oxygen atoms in total. The SMILES string of the molecule is CCOc1c2cccc1Cc1cccc(c1OP(=O)(O)O)Cc1cccc(c1OC(=O)c1ccccc1)Cc1cc(Br)cc(c1O)C2. The van der Waals surface area contributed by atoms with Gasteiger partial charge in [-0.3, -0.25) is 9.79 Å². The second-order valence-electron chi connectivity index (χ2n) is 11.3. The molecule has 10 heteroatoms. The topological polar surface area (TPSA) is 123 Å². The number of benzene rings is 5. The first-order valence-electron chi connectivity index (χ1n) is 15.1. The Morgan fingerprint density at radius 3 is 1.60 bits per heavy atom. The molecular weight excluding hydrogens is 683 g/mol. The summed E-state index contributed by atoms with van der Waals surface area (Å²) in [6.07, 6.45) is 0.956. The third-order valence-corrected chi connectivity index (χ3v) is 8.87. The molecule has 0 saturated carbocycles. The molecule has 0 radical (unpaired) electrons. The Morgan fingerprint density at radius 1 is 0.681 bits per heavy atom. The fraction of sp³-hybridized carbons (Fsp3) is 0.162. The molecule has 0 aromatic heterocycles. The van der Waals surface area contributed by atoms with Gasteiger partial charge in [0.1, 0.15) is 23.0 Å². The van der Waals surface area contributed by atoms with Crippen molar-refractivity contribution in [1.82, 2.24) is 0 Å². The summed E-state index contributed by atoms with van der Waals surface area (Å²) in [5, 5.41) is 11.6. The van der Waals surface area contributed by atoms with Gasteiger partial charge in [0, 0.05) is 30.2 Å². The van der Waals surface area contributed by atoms with E-state index in [2.05, 4.69) is 15.9 Å². The fourth-order valence-corrected chi connectivity index (χ4v) is 7.00. The van der Waals surface area contributed by atoms with Crippen LogP contribution in [0, 0.1) is 0 Å². The van der Waals surface area contributed by atoms with E-state index in [-0.39, 0.29) is 30.8 Å². The predicted molar refractivity (Wildman–Crippen MR) is 182 cm³/mol. The number of fused-ring (bicyclic) bond motifs is 8. The minimum atomic E-state index is -4.97. The second kappa shape index (κ2) is 13.8. The number of para-hydroxylation sites is 3. The van der Waals surface area contributed by atoms with Crippen LogP contribution in [0.2, 0.25) is 0 Å². The van der Waals surface area contributed by atoms with E-state index >= 15 is 0 Å². The van der Waals surface area contributed by atoms with Crippen molar-refractivity contribution in [1.29, 1.82) is 0 Å². The summed E-state index contributed by atoms with van der Waals surface area (Å²) in [6, 6.07) is 28.9. The molecule has 0 heterocycles. The smallest absolute Gasteiger partial charge is 0.507 e. The summed E-state index contributed by atoms with van der Waals surface area (Å²) in [5.74, 6) is 0.552. The number of phenols is 1. The van der Waals surface area contributed by atoms with Gasteiger partial charge in [0.05, 0.1) is 12.2 Å². The Kier molecular flexibility index (Phi) is 9.52. The minimum Gasteiger partial charge on any atom is -0.507 e. The van der Waals surface area contributed by atoms with E-state index in [9.17, 15) is 24.3 Å². The zero-order valence-corrected chi connectivity index (χ0v) is 28.0. The molecule has 0 aliphatic heterocycles. The van der Waals surface area contributed by atoms with E-state index in [1.807, 2.05) is 61.5 Å². The molecule has 5 aromatic carbocycles. The summed E-state index contributed by atoms with van der Waals surface area (Å²) in [6.45, 7) is 2.28. The number of phosphoric ester groups is 1. The van der Waals surface area contributed by atoms with Crippen LogP contribution < -0.4 is 14.0 Å². The molecule has 240 valence electrons. The molecule has 1 aliphatic carbocycles.